The molecule has 78 valence electrons. The van der Waals surface area contributed by atoms with Crippen LogP contribution in [0.2, 0.25) is 0 Å². The Morgan fingerprint density at radius 3 is 2.46 bits per heavy atom. The predicted octanol–water partition coefficient (Wildman–Crippen LogP) is 3.02. The van der Waals surface area contributed by atoms with E-state index in [-0.39, 0.29) is 0 Å². The first-order valence-electron chi connectivity index (χ1n) is 4.88. The lowest BCUT2D eigenvalue weighted by atomic mass is 9.83. The first-order chi connectivity index (χ1) is 6.06. The van der Waals surface area contributed by atoms with E-state index >= 15 is 0 Å². The molecular weight excluding hydrogens is 184 g/mol. The number of carboxylic acids is 1. The van der Waals surface area contributed by atoms with Gasteiger partial charge in [-0.3, -0.25) is 4.79 Å². The molecule has 0 aliphatic rings. The third-order valence-electron chi connectivity index (χ3n) is 2.52. The van der Waals surface area contributed by atoms with Gasteiger partial charge in [0.05, 0.1) is 5.41 Å². The molecule has 3 heteroatoms. The number of carbonyl (C=O) groups is 1. The number of hydrogen-bond acceptors (Lipinski definition) is 2. The second kappa shape index (κ2) is 6.30. The van der Waals surface area contributed by atoms with Crippen LogP contribution in [0.25, 0.3) is 0 Å². The fourth-order valence-electron chi connectivity index (χ4n) is 1.14. The molecule has 0 heterocycles. The van der Waals surface area contributed by atoms with Crippen LogP contribution in [0.15, 0.2) is 0 Å². The van der Waals surface area contributed by atoms with Crippen LogP contribution in [0.5, 0.6) is 0 Å². The molecule has 0 aliphatic carbocycles. The molecule has 0 aromatic heterocycles. The summed E-state index contributed by atoms with van der Waals surface area (Å²) in [5.74, 6) is 1.55. The Morgan fingerprint density at radius 2 is 2.08 bits per heavy atom. The Morgan fingerprint density at radius 1 is 1.46 bits per heavy atom. The van der Waals surface area contributed by atoms with Crippen molar-refractivity contribution in [3.8, 4) is 0 Å². The molecule has 0 saturated heterocycles. The molecule has 0 aliphatic heterocycles. The Kier molecular flexibility index (Phi) is 6.21. The van der Waals surface area contributed by atoms with Crippen molar-refractivity contribution in [1.29, 1.82) is 0 Å². The topological polar surface area (TPSA) is 37.3 Å². The van der Waals surface area contributed by atoms with Crippen molar-refractivity contribution >= 4 is 17.7 Å². The van der Waals surface area contributed by atoms with E-state index < -0.39 is 11.4 Å². The lowest BCUT2D eigenvalue weighted by Gasteiger charge is -2.22. The van der Waals surface area contributed by atoms with Gasteiger partial charge < -0.3 is 5.11 Å². The summed E-state index contributed by atoms with van der Waals surface area (Å²) in [4.78, 5) is 10.9. The van der Waals surface area contributed by atoms with Gasteiger partial charge in [0.2, 0.25) is 0 Å². The number of thioether (sulfide) groups is 1. The van der Waals surface area contributed by atoms with Crippen LogP contribution in [-0.2, 0) is 4.79 Å². The average molecular weight is 204 g/mol. The van der Waals surface area contributed by atoms with Crippen molar-refractivity contribution in [2.75, 3.05) is 11.5 Å². The minimum Gasteiger partial charge on any atom is -0.481 e. The monoisotopic (exact) mass is 204 g/mol. The van der Waals surface area contributed by atoms with E-state index in [0.29, 0.717) is 0 Å². The van der Waals surface area contributed by atoms with Crippen molar-refractivity contribution in [1.82, 2.24) is 0 Å². The molecule has 1 atom stereocenters. The second-order valence-electron chi connectivity index (χ2n) is 3.52. The van der Waals surface area contributed by atoms with Crippen molar-refractivity contribution in [3.63, 3.8) is 0 Å². The van der Waals surface area contributed by atoms with E-state index in [0.717, 1.165) is 30.8 Å². The van der Waals surface area contributed by atoms with E-state index in [1.807, 2.05) is 25.6 Å². The summed E-state index contributed by atoms with van der Waals surface area (Å²) in [5.41, 5.74) is -0.506. The molecule has 0 bridgehead atoms. The van der Waals surface area contributed by atoms with Crippen LogP contribution >= 0.6 is 11.8 Å². The van der Waals surface area contributed by atoms with Crippen molar-refractivity contribution in [2.45, 2.75) is 40.0 Å². The molecule has 0 rings (SSSR count). The summed E-state index contributed by atoms with van der Waals surface area (Å²) in [7, 11) is 0. The molecule has 0 saturated carbocycles. The molecule has 0 amide bonds. The maximum absolute atomic E-state index is 10.9. The summed E-state index contributed by atoms with van der Waals surface area (Å²) in [5, 5.41) is 8.98. The molecular formula is C10H20O2S. The molecule has 1 N–H and O–H groups in total. The molecule has 2 nitrogen and oxygen atoms in total. The predicted molar refractivity (Wildman–Crippen MR) is 58.3 cm³/mol. The van der Waals surface area contributed by atoms with Gasteiger partial charge in [0, 0.05) is 0 Å². The van der Waals surface area contributed by atoms with Crippen molar-refractivity contribution < 1.29 is 9.90 Å². The molecule has 0 aromatic rings. The Balaban J connectivity index is 3.78. The van der Waals surface area contributed by atoms with E-state index in [1.165, 1.54) is 0 Å². The number of aliphatic carboxylic acids is 1. The van der Waals surface area contributed by atoms with Gasteiger partial charge in [-0.15, -0.1) is 0 Å². The summed E-state index contributed by atoms with van der Waals surface area (Å²) in [6.07, 6.45) is 2.53. The van der Waals surface area contributed by atoms with Gasteiger partial charge in [-0.2, -0.15) is 11.8 Å². The Bertz CT molecular complexity index is 159. The summed E-state index contributed by atoms with van der Waals surface area (Å²) in [6, 6.07) is 0. The maximum Gasteiger partial charge on any atom is 0.309 e. The zero-order chi connectivity index (χ0) is 10.3. The lowest BCUT2D eigenvalue weighted by Crippen LogP contribution is -2.26. The molecule has 13 heavy (non-hydrogen) atoms. The Labute approximate surface area is 85.1 Å². The third-order valence-corrected chi connectivity index (χ3v) is 3.50. The lowest BCUT2D eigenvalue weighted by molar-refractivity contribution is -0.148. The van der Waals surface area contributed by atoms with Gasteiger partial charge >= 0.3 is 5.97 Å². The van der Waals surface area contributed by atoms with Crippen LogP contribution in [0, 0.1) is 5.41 Å². The van der Waals surface area contributed by atoms with Crippen LogP contribution in [0.1, 0.15) is 40.0 Å². The van der Waals surface area contributed by atoms with Gasteiger partial charge in [-0.25, -0.2) is 0 Å². The minimum absolute atomic E-state index is 0.506. The zero-order valence-electron chi connectivity index (χ0n) is 8.80. The van der Waals surface area contributed by atoms with Crippen molar-refractivity contribution in [3.05, 3.63) is 0 Å². The molecule has 0 spiro atoms. The van der Waals surface area contributed by atoms with E-state index in [4.69, 9.17) is 5.11 Å². The highest BCUT2D eigenvalue weighted by atomic mass is 32.2. The summed E-state index contributed by atoms with van der Waals surface area (Å²) >= 11 is 1.88. The molecule has 0 aromatic carbocycles. The molecule has 0 radical (unpaired) electrons. The number of carboxylic acid groups (broad SMARTS) is 1. The van der Waals surface area contributed by atoms with E-state index in [9.17, 15) is 4.79 Å². The number of hydrogen-bond donors (Lipinski definition) is 1. The van der Waals surface area contributed by atoms with Gasteiger partial charge in [-0.05, 0) is 37.7 Å². The largest absolute Gasteiger partial charge is 0.481 e. The normalized spacial score (nSPS) is 15.3. The first-order valence-corrected chi connectivity index (χ1v) is 6.03. The zero-order valence-corrected chi connectivity index (χ0v) is 9.62. The average Bonchev–Trinajstić information content (AvgIpc) is 2.12. The van der Waals surface area contributed by atoms with E-state index in [2.05, 4.69) is 6.92 Å². The fourth-order valence-corrected chi connectivity index (χ4v) is 1.78. The van der Waals surface area contributed by atoms with Crippen LogP contribution in [0.3, 0.4) is 0 Å². The van der Waals surface area contributed by atoms with Crippen LogP contribution in [-0.4, -0.2) is 22.6 Å². The minimum atomic E-state index is -0.656. The number of rotatable bonds is 7. The smallest absolute Gasteiger partial charge is 0.309 e. The van der Waals surface area contributed by atoms with Gasteiger partial charge in [0.1, 0.15) is 0 Å². The first kappa shape index (κ1) is 12.8. The summed E-state index contributed by atoms with van der Waals surface area (Å²) in [6.45, 7) is 5.91. The molecule has 0 fully saturated rings. The van der Waals surface area contributed by atoms with Crippen molar-refractivity contribution in [2.24, 2.45) is 5.41 Å². The Hall–Kier alpha value is -0.180. The highest BCUT2D eigenvalue weighted by Gasteiger charge is 2.29. The van der Waals surface area contributed by atoms with Gasteiger partial charge in [0.25, 0.3) is 0 Å². The fraction of sp³-hybridized carbons (Fsp3) is 0.900. The van der Waals surface area contributed by atoms with Gasteiger partial charge in [-0.1, -0.05) is 13.8 Å². The summed E-state index contributed by atoms with van der Waals surface area (Å²) < 4.78 is 0. The standard InChI is InChI=1S/C10H20O2S/c1-4-10(3,9(11)12)7-6-8-13-5-2/h4-8H2,1-3H3,(H,11,12). The third kappa shape index (κ3) is 4.55. The van der Waals surface area contributed by atoms with Crippen LogP contribution < -0.4 is 0 Å². The SMILES string of the molecule is CCSCCCC(C)(CC)C(=O)O. The van der Waals surface area contributed by atoms with Gasteiger partial charge in [0.15, 0.2) is 0 Å². The highest BCUT2D eigenvalue weighted by Crippen LogP contribution is 2.28. The maximum atomic E-state index is 10.9. The van der Waals surface area contributed by atoms with Crippen LogP contribution in [0.4, 0.5) is 0 Å². The molecule has 1 unspecified atom stereocenters. The van der Waals surface area contributed by atoms with E-state index in [1.54, 1.807) is 0 Å². The highest BCUT2D eigenvalue weighted by molar-refractivity contribution is 7.99. The second-order valence-corrected chi connectivity index (χ2v) is 4.91. The quantitative estimate of drug-likeness (QED) is 0.648.